The molecule has 1 aromatic rings. The third kappa shape index (κ3) is 4.70. The Balaban J connectivity index is 1.48. The fourth-order valence-corrected chi connectivity index (χ4v) is 3.51. The van der Waals surface area contributed by atoms with E-state index in [4.69, 9.17) is 20.9 Å². The van der Waals surface area contributed by atoms with Gasteiger partial charge in [-0.2, -0.15) is 0 Å². The van der Waals surface area contributed by atoms with Crippen LogP contribution in [0.2, 0.25) is 0 Å². The SMILES string of the molecule is CC1C(N)=CC(N)=CC1C(=O)OC1CCC(OC(=O)c2ccccc2)CC1. The van der Waals surface area contributed by atoms with Crippen LogP contribution in [0.3, 0.4) is 0 Å². The van der Waals surface area contributed by atoms with Crippen molar-refractivity contribution < 1.29 is 19.1 Å². The molecule has 0 amide bonds. The predicted octanol–water partition coefficient (Wildman–Crippen LogP) is 2.65. The molecule has 6 heteroatoms. The van der Waals surface area contributed by atoms with Gasteiger partial charge < -0.3 is 20.9 Å². The predicted molar refractivity (Wildman–Crippen MR) is 101 cm³/mol. The molecule has 6 nitrogen and oxygen atoms in total. The summed E-state index contributed by atoms with van der Waals surface area (Å²) in [5.41, 5.74) is 13.4. The van der Waals surface area contributed by atoms with Crippen LogP contribution in [-0.2, 0) is 14.3 Å². The van der Waals surface area contributed by atoms with Gasteiger partial charge in [-0.25, -0.2) is 4.79 Å². The Morgan fingerprint density at radius 1 is 0.963 bits per heavy atom. The molecule has 0 aliphatic heterocycles. The van der Waals surface area contributed by atoms with Gasteiger partial charge in [-0.15, -0.1) is 0 Å². The van der Waals surface area contributed by atoms with Crippen molar-refractivity contribution in [3.8, 4) is 0 Å². The van der Waals surface area contributed by atoms with E-state index < -0.39 is 5.92 Å². The van der Waals surface area contributed by atoms with Crippen LogP contribution in [0.15, 0.2) is 53.9 Å². The Labute approximate surface area is 159 Å². The number of esters is 2. The van der Waals surface area contributed by atoms with Crippen molar-refractivity contribution >= 4 is 11.9 Å². The zero-order valence-corrected chi connectivity index (χ0v) is 15.5. The Morgan fingerprint density at radius 2 is 1.56 bits per heavy atom. The standard InChI is InChI=1S/C21H26N2O4/c1-13-18(11-15(22)12-19(13)23)21(25)27-17-9-7-16(8-10-17)26-20(24)14-5-3-2-4-6-14/h2-6,11-13,16-18H,7-10,22-23H2,1H3. The van der Waals surface area contributed by atoms with Crippen LogP contribution < -0.4 is 11.5 Å². The summed E-state index contributed by atoms with van der Waals surface area (Å²) in [6.07, 6.45) is 5.77. The van der Waals surface area contributed by atoms with Gasteiger partial charge in [0, 0.05) is 17.3 Å². The molecule has 2 aliphatic rings. The molecule has 144 valence electrons. The van der Waals surface area contributed by atoms with E-state index in [0.717, 1.165) is 0 Å². The third-order valence-electron chi connectivity index (χ3n) is 5.23. The number of benzene rings is 1. The minimum Gasteiger partial charge on any atom is -0.462 e. The monoisotopic (exact) mass is 370 g/mol. The van der Waals surface area contributed by atoms with Crippen molar-refractivity contribution in [3.05, 3.63) is 59.4 Å². The van der Waals surface area contributed by atoms with Crippen molar-refractivity contribution in [2.45, 2.75) is 44.8 Å². The molecule has 1 fully saturated rings. The van der Waals surface area contributed by atoms with E-state index in [1.54, 1.807) is 24.3 Å². The molecule has 2 atom stereocenters. The Kier molecular flexibility index (Phi) is 5.84. The molecule has 2 unspecified atom stereocenters. The first-order valence-electron chi connectivity index (χ1n) is 9.35. The summed E-state index contributed by atoms with van der Waals surface area (Å²) in [6, 6.07) is 8.95. The lowest BCUT2D eigenvalue weighted by molar-refractivity contribution is -0.156. The molecular formula is C21H26N2O4. The normalized spacial score (nSPS) is 27.9. The van der Waals surface area contributed by atoms with Crippen molar-refractivity contribution in [3.63, 3.8) is 0 Å². The first kappa shape index (κ1) is 19.0. The second-order valence-corrected chi connectivity index (χ2v) is 7.23. The smallest absolute Gasteiger partial charge is 0.338 e. The minimum absolute atomic E-state index is 0.132. The highest BCUT2D eigenvalue weighted by Gasteiger charge is 2.32. The van der Waals surface area contributed by atoms with Gasteiger partial charge in [0.15, 0.2) is 0 Å². The second-order valence-electron chi connectivity index (χ2n) is 7.23. The zero-order valence-electron chi connectivity index (χ0n) is 15.5. The van der Waals surface area contributed by atoms with Crippen LogP contribution in [0.25, 0.3) is 0 Å². The van der Waals surface area contributed by atoms with Crippen LogP contribution in [0, 0.1) is 11.8 Å². The number of ether oxygens (including phenoxy) is 2. The van der Waals surface area contributed by atoms with Crippen LogP contribution >= 0.6 is 0 Å². The van der Waals surface area contributed by atoms with E-state index >= 15 is 0 Å². The first-order valence-corrected chi connectivity index (χ1v) is 9.35. The molecule has 1 saturated carbocycles. The fraction of sp³-hybridized carbons (Fsp3) is 0.429. The van der Waals surface area contributed by atoms with Crippen LogP contribution in [0.1, 0.15) is 43.0 Å². The summed E-state index contributed by atoms with van der Waals surface area (Å²) < 4.78 is 11.2. The molecule has 0 radical (unpaired) electrons. The highest BCUT2D eigenvalue weighted by atomic mass is 16.6. The fourth-order valence-electron chi connectivity index (χ4n) is 3.51. The number of hydrogen-bond acceptors (Lipinski definition) is 6. The molecule has 0 heterocycles. The quantitative estimate of drug-likeness (QED) is 0.790. The summed E-state index contributed by atoms with van der Waals surface area (Å²) in [5.74, 6) is -1.20. The largest absolute Gasteiger partial charge is 0.462 e. The van der Waals surface area contributed by atoms with Gasteiger partial charge in [-0.3, -0.25) is 4.79 Å². The zero-order chi connectivity index (χ0) is 19.4. The number of hydrogen-bond donors (Lipinski definition) is 2. The number of carbonyl (C=O) groups is 2. The molecule has 27 heavy (non-hydrogen) atoms. The Hall–Kier alpha value is -2.76. The van der Waals surface area contributed by atoms with Gasteiger partial charge in [-0.05, 0) is 50.0 Å². The highest BCUT2D eigenvalue weighted by molar-refractivity contribution is 5.89. The molecule has 0 aromatic heterocycles. The van der Waals surface area contributed by atoms with E-state index in [1.807, 2.05) is 25.1 Å². The average molecular weight is 370 g/mol. The maximum absolute atomic E-state index is 12.5. The molecule has 1 aromatic carbocycles. The van der Waals surface area contributed by atoms with Gasteiger partial charge >= 0.3 is 11.9 Å². The summed E-state index contributed by atoms with van der Waals surface area (Å²) in [6.45, 7) is 1.89. The topological polar surface area (TPSA) is 105 Å². The van der Waals surface area contributed by atoms with Crippen molar-refractivity contribution in [1.29, 1.82) is 0 Å². The van der Waals surface area contributed by atoms with Gasteiger partial charge in [0.05, 0.1) is 11.5 Å². The number of carbonyl (C=O) groups excluding carboxylic acids is 2. The Morgan fingerprint density at radius 3 is 2.19 bits per heavy atom. The van der Waals surface area contributed by atoms with E-state index in [9.17, 15) is 9.59 Å². The van der Waals surface area contributed by atoms with Crippen molar-refractivity contribution in [2.24, 2.45) is 23.3 Å². The summed E-state index contributed by atoms with van der Waals surface area (Å²) in [5, 5.41) is 0. The van der Waals surface area contributed by atoms with Crippen LogP contribution in [-0.4, -0.2) is 24.1 Å². The van der Waals surface area contributed by atoms with Crippen molar-refractivity contribution in [2.75, 3.05) is 0 Å². The lowest BCUT2D eigenvalue weighted by Gasteiger charge is -2.30. The molecule has 2 aliphatic carbocycles. The third-order valence-corrected chi connectivity index (χ3v) is 5.23. The second kappa shape index (κ2) is 8.29. The first-order chi connectivity index (χ1) is 12.9. The number of nitrogens with two attached hydrogens (primary N) is 2. The molecule has 3 rings (SSSR count). The van der Waals surface area contributed by atoms with E-state index in [2.05, 4.69) is 0 Å². The van der Waals surface area contributed by atoms with Crippen LogP contribution in [0.4, 0.5) is 0 Å². The van der Waals surface area contributed by atoms with E-state index in [1.165, 1.54) is 0 Å². The summed E-state index contributed by atoms with van der Waals surface area (Å²) >= 11 is 0. The summed E-state index contributed by atoms with van der Waals surface area (Å²) in [4.78, 5) is 24.7. The van der Waals surface area contributed by atoms with E-state index in [0.29, 0.717) is 42.6 Å². The minimum atomic E-state index is -0.455. The van der Waals surface area contributed by atoms with Crippen LogP contribution in [0.5, 0.6) is 0 Å². The average Bonchev–Trinajstić information content (AvgIpc) is 2.66. The molecule has 0 spiro atoms. The molecular weight excluding hydrogens is 344 g/mol. The number of allylic oxidation sites excluding steroid dienone is 2. The summed E-state index contributed by atoms with van der Waals surface area (Å²) in [7, 11) is 0. The molecule has 4 N–H and O–H groups in total. The van der Waals surface area contributed by atoms with Gasteiger partial charge in [0.2, 0.25) is 0 Å². The van der Waals surface area contributed by atoms with E-state index in [-0.39, 0.29) is 30.1 Å². The van der Waals surface area contributed by atoms with Gasteiger partial charge in [0.25, 0.3) is 0 Å². The van der Waals surface area contributed by atoms with Gasteiger partial charge in [0.1, 0.15) is 12.2 Å². The van der Waals surface area contributed by atoms with Crippen molar-refractivity contribution in [1.82, 2.24) is 0 Å². The lowest BCUT2D eigenvalue weighted by Crippen LogP contribution is -2.35. The Bertz CT molecular complexity index is 749. The maximum Gasteiger partial charge on any atom is 0.338 e. The molecule has 0 saturated heterocycles. The highest BCUT2D eigenvalue weighted by Crippen LogP contribution is 2.29. The maximum atomic E-state index is 12.5. The lowest BCUT2D eigenvalue weighted by atomic mass is 9.86. The van der Waals surface area contributed by atoms with Gasteiger partial charge in [-0.1, -0.05) is 25.1 Å². The molecule has 0 bridgehead atoms. The number of rotatable bonds is 4.